The summed E-state index contributed by atoms with van der Waals surface area (Å²) in [6.07, 6.45) is -0.281. The highest BCUT2D eigenvalue weighted by atomic mass is 19.1. The Bertz CT molecular complexity index is 518. The molecule has 5 nitrogen and oxygen atoms in total. The molecule has 0 aliphatic carbocycles. The van der Waals surface area contributed by atoms with Crippen LogP contribution in [0.15, 0.2) is 18.2 Å². The average Bonchev–Trinajstić information content (AvgIpc) is 2.31. The van der Waals surface area contributed by atoms with Crippen molar-refractivity contribution < 1.29 is 19.1 Å². The van der Waals surface area contributed by atoms with Crippen LogP contribution in [-0.2, 0) is 9.59 Å². The van der Waals surface area contributed by atoms with Crippen molar-refractivity contribution in [2.75, 3.05) is 23.9 Å². The van der Waals surface area contributed by atoms with Gasteiger partial charge in [0.2, 0.25) is 5.91 Å². The van der Waals surface area contributed by atoms with Crippen molar-refractivity contribution in [3.05, 3.63) is 24.0 Å². The van der Waals surface area contributed by atoms with Crippen molar-refractivity contribution in [3.8, 4) is 0 Å². The molecule has 0 saturated carbocycles. The van der Waals surface area contributed by atoms with Gasteiger partial charge in [-0.1, -0.05) is 0 Å². The van der Waals surface area contributed by atoms with E-state index in [1.807, 2.05) is 0 Å². The summed E-state index contributed by atoms with van der Waals surface area (Å²) in [6, 6.07) is 3.34. The number of rotatable bonds is 2. The third-order valence-electron chi connectivity index (χ3n) is 3.13. The van der Waals surface area contributed by atoms with Crippen LogP contribution in [-0.4, -0.2) is 37.1 Å². The summed E-state index contributed by atoms with van der Waals surface area (Å²) < 4.78 is 13.2. The van der Waals surface area contributed by atoms with Crippen molar-refractivity contribution >= 4 is 23.3 Å². The summed E-state index contributed by atoms with van der Waals surface area (Å²) in [6.45, 7) is 0. The Hall–Kier alpha value is -2.11. The molecule has 0 radical (unpaired) electrons. The highest BCUT2D eigenvalue weighted by Gasteiger charge is 2.35. The number of halogens is 1. The summed E-state index contributed by atoms with van der Waals surface area (Å²) in [4.78, 5) is 25.7. The van der Waals surface area contributed by atoms with E-state index in [9.17, 15) is 14.0 Å². The third-order valence-corrected chi connectivity index (χ3v) is 3.13. The van der Waals surface area contributed by atoms with E-state index in [2.05, 4.69) is 0 Å². The molecule has 1 atom stereocenters. The van der Waals surface area contributed by atoms with Crippen molar-refractivity contribution in [2.45, 2.75) is 12.5 Å². The molecule has 2 rings (SSSR count). The molecule has 1 heterocycles. The van der Waals surface area contributed by atoms with Crippen molar-refractivity contribution in [1.29, 1.82) is 0 Å². The monoisotopic (exact) mass is 252 g/mol. The molecule has 1 aromatic carbocycles. The van der Waals surface area contributed by atoms with Gasteiger partial charge < -0.3 is 14.9 Å². The van der Waals surface area contributed by atoms with E-state index < -0.39 is 17.8 Å². The molecule has 0 aromatic heterocycles. The molecule has 6 heteroatoms. The van der Waals surface area contributed by atoms with Gasteiger partial charge in [-0.15, -0.1) is 0 Å². The second kappa shape index (κ2) is 4.29. The van der Waals surface area contributed by atoms with Gasteiger partial charge in [-0.05, 0) is 18.2 Å². The maximum Gasteiger partial charge on any atom is 0.305 e. The smallest absolute Gasteiger partial charge is 0.305 e. The van der Waals surface area contributed by atoms with Crippen LogP contribution in [0.25, 0.3) is 0 Å². The van der Waals surface area contributed by atoms with E-state index in [4.69, 9.17) is 5.11 Å². The molecule has 0 fully saturated rings. The zero-order valence-electron chi connectivity index (χ0n) is 10.1. The molecular weight excluding hydrogens is 239 g/mol. The maximum absolute atomic E-state index is 13.2. The lowest BCUT2D eigenvalue weighted by Gasteiger charge is -2.38. The van der Waals surface area contributed by atoms with Crippen LogP contribution in [0.1, 0.15) is 6.42 Å². The number of amides is 1. The van der Waals surface area contributed by atoms with Crippen LogP contribution >= 0.6 is 0 Å². The number of carbonyl (C=O) groups excluding carboxylic acids is 1. The van der Waals surface area contributed by atoms with Gasteiger partial charge in [0, 0.05) is 14.1 Å². The largest absolute Gasteiger partial charge is 0.481 e. The molecule has 0 saturated heterocycles. The standard InChI is InChI=1S/C12H13FN2O3/c1-14-8-4-3-7(13)5-9(8)15(2)12(18)10(14)6-11(16)17/h3-5,10H,6H2,1-2H3,(H,16,17). The Kier molecular flexibility index (Phi) is 2.94. The molecule has 1 N–H and O–H groups in total. The van der Waals surface area contributed by atoms with Crippen LogP contribution in [0.3, 0.4) is 0 Å². The second-order valence-corrected chi connectivity index (χ2v) is 4.25. The number of benzene rings is 1. The molecule has 96 valence electrons. The first kappa shape index (κ1) is 12.3. The van der Waals surface area contributed by atoms with Gasteiger partial charge in [-0.2, -0.15) is 0 Å². The summed E-state index contributed by atoms with van der Waals surface area (Å²) in [7, 11) is 3.15. The predicted molar refractivity (Wildman–Crippen MR) is 64.3 cm³/mol. The van der Waals surface area contributed by atoms with Gasteiger partial charge in [0.25, 0.3) is 0 Å². The van der Waals surface area contributed by atoms with Crippen LogP contribution in [0.5, 0.6) is 0 Å². The van der Waals surface area contributed by atoms with E-state index in [0.717, 1.165) is 0 Å². The van der Waals surface area contributed by atoms with E-state index in [1.54, 1.807) is 18.0 Å². The highest BCUT2D eigenvalue weighted by molar-refractivity contribution is 6.06. The minimum absolute atomic E-state index is 0.281. The van der Waals surface area contributed by atoms with Gasteiger partial charge >= 0.3 is 5.97 Å². The Balaban J connectivity index is 2.46. The molecule has 1 aliphatic rings. The summed E-state index contributed by atoms with van der Waals surface area (Å²) in [5.74, 6) is -1.82. The lowest BCUT2D eigenvalue weighted by atomic mass is 10.0. The normalized spacial score (nSPS) is 18.8. The van der Waals surface area contributed by atoms with Gasteiger partial charge in [0.15, 0.2) is 0 Å². The molecule has 1 unspecified atom stereocenters. The Labute approximate surface area is 103 Å². The zero-order chi connectivity index (χ0) is 13.4. The Morgan fingerprint density at radius 3 is 2.67 bits per heavy atom. The zero-order valence-corrected chi connectivity index (χ0v) is 10.1. The third kappa shape index (κ3) is 1.90. The van der Waals surface area contributed by atoms with E-state index in [1.165, 1.54) is 24.1 Å². The van der Waals surface area contributed by atoms with Gasteiger partial charge in [-0.3, -0.25) is 9.59 Å². The second-order valence-electron chi connectivity index (χ2n) is 4.25. The average molecular weight is 252 g/mol. The first-order valence-electron chi connectivity index (χ1n) is 5.43. The quantitative estimate of drug-likeness (QED) is 0.855. The molecule has 0 spiro atoms. The fourth-order valence-electron chi connectivity index (χ4n) is 2.13. The number of likely N-dealkylation sites (N-methyl/N-ethyl adjacent to an activating group) is 2. The summed E-state index contributed by atoms with van der Waals surface area (Å²) >= 11 is 0. The van der Waals surface area contributed by atoms with E-state index in [0.29, 0.717) is 11.4 Å². The molecule has 1 amide bonds. The van der Waals surface area contributed by atoms with Crippen molar-refractivity contribution in [3.63, 3.8) is 0 Å². The SMILES string of the molecule is CN1C(=O)C(CC(=O)O)N(C)c2ccc(F)cc21. The lowest BCUT2D eigenvalue weighted by molar-refractivity contribution is -0.139. The van der Waals surface area contributed by atoms with Gasteiger partial charge in [0.05, 0.1) is 17.8 Å². The minimum atomic E-state index is -1.04. The molecular formula is C12H13FN2O3. The van der Waals surface area contributed by atoms with E-state index in [-0.39, 0.29) is 12.3 Å². The minimum Gasteiger partial charge on any atom is -0.481 e. The number of carbonyl (C=O) groups is 2. The van der Waals surface area contributed by atoms with Crippen LogP contribution < -0.4 is 9.80 Å². The number of hydrogen-bond acceptors (Lipinski definition) is 3. The topological polar surface area (TPSA) is 60.9 Å². The fourth-order valence-corrected chi connectivity index (χ4v) is 2.13. The lowest BCUT2D eigenvalue weighted by Crippen LogP contribution is -2.51. The van der Waals surface area contributed by atoms with Crippen LogP contribution in [0.2, 0.25) is 0 Å². The number of anilines is 2. The maximum atomic E-state index is 13.2. The summed E-state index contributed by atoms with van der Waals surface area (Å²) in [5, 5.41) is 8.82. The predicted octanol–water partition coefficient (Wildman–Crippen LogP) is 1.08. The van der Waals surface area contributed by atoms with Crippen molar-refractivity contribution in [2.24, 2.45) is 0 Å². The number of aliphatic carboxylic acids is 1. The molecule has 0 bridgehead atoms. The fraction of sp³-hybridized carbons (Fsp3) is 0.333. The van der Waals surface area contributed by atoms with E-state index >= 15 is 0 Å². The van der Waals surface area contributed by atoms with Gasteiger partial charge in [-0.25, -0.2) is 4.39 Å². The molecule has 1 aliphatic heterocycles. The van der Waals surface area contributed by atoms with Crippen molar-refractivity contribution in [1.82, 2.24) is 0 Å². The first-order chi connectivity index (χ1) is 8.41. The molecule has 1 aromatic rings. The van der Waals surface area contributed by atoms with Gasteiger partial charge in [0.1, 0.15) is 11.9 Å². The number of nitrogens with zero attached hydrogens (tertiary/aromatic N) is 2. The number of carboxylic acids is 1. The highest BCUT2D eigenvalue weighted by Crippen LogP contribution is 2.35. The Morgan fingerprint density at radius 1 is 1.39 bits per heavy atom. The van der Waals surface area contributed by atoms with Crippen LogP contribution in [0, 0.1) is 5.82 Å². The number of fused-ring (bicyclic) bond motifs is 1. The summed E-state index contributed by atoms with van der Waals surface area (Å²) in [5.41, 5.74) is 1.09. The van der Waals surface area contributed by atoms with Crippen LogP contribution in [0.4, 0.5) is 15.8 Å². The first-order valence-corrected chi connectivity index (χ1v) is 5.43. The Morgan fingerprint density at radius 2 is 2.06 bits per heavy atom. The molecule has 18 heavy (non-hydrogen) atoms. The number of carboxylic acid groups (broad SMARTS) is 1. The number of hydrogen-bond donors (Lipinski definition) is 1.